The third-order valence-electron chi connectivity index (χ3n) is 5.11. The molecule has 7 heteroatoms. The molecule has 1 atom stereocenters. The number of carbonyl (C=O) groups excluding carboxylic acids is 1. The van der Waals surface area contributed by atoms with Gasteiger partial charge in [0.05, 0.1) is 36.2 Å². The average molecular weight is 393 g/mol. The van der Waals surface area contributed by atoms with E-state index in [0.29, 0.717) is 33.7 Å². The monoisotopic (exact) mass is 393 g/mol. The molecule has 0 spiro atoms. The number of para-hydroxylation sites is 1. The SMILES string of the molecule is COc1c(C(=O)NC(CO)C(C)C)ccc2n[nH]c(-c3cc4ccccc4o3)c12. The van der Waals surface area contributed by atoms with Gasteiger partial charge in [-0.1, -0.05) is 32.0 Å². The second kappa shape index (κ2) is 7.60. The fraction of sp³-hybridized carbons (Fsp3) is 0.273. The van der Waals surface area contributed by atoms with Crippen molar-refractivity contribution in [2.75, 3.05) is 13.7 Å². The number of methoxy groups -OCH3 is 1. The average Bonchev–Trinajstić information content (AvgIpc) is 3.34. The van der Waals surface area contributed by atoms with E-state index >= 15 is 0 Å². The van der Waals surface area contributed by atoms with Gasteiger partial charge in [0, 0.05) is 5.39 Å². The molecule has 2 aromatic heterocycles. The first-order valence-corrected chi connectivity index (χ1v) is 9.49. The summed E-state index contributed by atoms with van der Waals surface area (Å²) in [6.45, 7) is 3.75. The maximum atomic E-state index is 12.9. The molecule has 0 aliphatic rings. The number of aliphatic hydroxyl groups excluding tert-OH is 1. The Kier molecular flexibility index (Phi) is 4.98. The maximum Gasteiger partial charge on any atom is 0.255 e. The number of nitrogens with zero attached hydrogens (tertiary/aromatic N) is 1. The first kappa shape index (κ1) is 19.0. The van der Waals surface area contributed by atoms with Crippen LogP contribution in [0, 0.1) is 5.92 Å². The van der Waals surface area contributed by atoms with E-state index < -0.39 is 0 Å². The summed E-state index contributed by atoms with van der Waals surface area (Å²) < 4.78 is 11.6. The molecule has 150 valence electrons. The minimum Gasteiger partial charge on any atom is -0.495 e. The molecule has 0 radical (unpaired) electrons. The Morgan fingerprint density at radius 1 is 1.28 bits per heavy atom. The van der Waals surface area contributed by atoms with Crippen molar-refractivity contribution in [3.05, 3.63) is 48.0 Å². The van der Waals surface area contributed by atoms with Gasteiger partial charge in [-0.3, -0.25) is 9.89 Å². The van der Waals surface area contributed by atoms with Crippen molar-refractivity contribution in [2.45, 2.75) is 19.9 Å². The van der Waals surface area contributed by atoms with Gasteiger partial charge in [0.25, 0.3) is 5.91 Å². The van der Waals surface area contributed by atoms with Crippen molar-refractivity contribution in [3.63, 3.8) is 0 Å². The topological polar surface area (TPSA) is 100 Å². The van der Waals surface area contributed by atoms with Crippen LogP contribution < -0.4 is 10.1 Å². The van der Waals surface area contributed by atoms with Crippen LogP contribution >= 0.6 is 0 Å². The Morgan fingerprint density at radius 3 is 2.76 bits per heavy atom. The molecular weight excluding hydrogens is 370 g/mol. The number of ether oxygens (including phenoxy) is 1. The summed E-state index contributed by atoms with van der Waals surface area (Å²) in [6, 6.07) is 12.7. The molecule has 2 aromatic carbocycles. The third kappa shape index (κ3) is 3.34. The van der Waals surface area contributed by atoms with Gasteiger partial charge in [-0.15, -0.1) is 0 Å². The van der Waals surface area contributed by atoms with Crippen LogP contribution in [0.4, 0.5) is 0 Å². The fourth-order valence-corrected chi connectivity index (χ4v) is 3.42. The molecule has 0 aliphatic carbocycles. The number of hydrogen-bond donors (Lipinski definition) is 3. The lowest BCUT2D eigenvalue weighted by molar-refractivity contribution is 0.0894. The van der Waals surface area contributed by atoms with Crippen LogP contribution in [0.25, 0.3) is 33.3 Å². The van der Waals surface area contributed by atoms with Crippen LogP contribution in [-0.2, 0) is 0 Å². The number of carbonyl (C=O) groups is 1. The van der Waals surface area contributed by atoms with Crippen molar-refractivity contribution in [3.8, 4) is 17.2 Å². The third-order valence-corrected chi connectivity index (χ3v) is 5.11. The Labute approximate surface area is 167 Å². The summed E-state index contributed by atoms with van der Waals surface area (Å²) >= 11 is 0. The molecule has 2 heterocycles. The molecule has 0 saturated carbocycles. The zero-order valence-corrected chi connectivity index (χ0v) is 16.5. The number of hydrogen-bond acceptors (Lipinski definition) is 5. The number of nitrogens with one attached hydrogen (secondary N) is 2. The van der Waals surface area contributed by atoms with Crippen LogP contribution in [0.3, 0.4) is 0 Å². The van der Waals surface area contributed by atoms with E-state index in [0.717, 1.165) is 11.0 Å². The predicted molar refractivity (Wildman–Crippen MR) is 111 cm³/mol. The summed E-state index contributed by atoms with van der Waals surface area (Å²) in [7, 11) is 1.52. The fourth-order valence-electron chi connectivity index (χ4n) is 3.42. The molecule has 4 aromatic rings. The Balaban J connectivity index is 1.82. The highest BCUT2D eigenvalue weighted by Crippen LogP contribution is 2.38. The van der Waals surface area contributed by atoms with Crippen molar-refractivity contribution < 1.29 is 19.1 Å². The van der Waals surface area contributed by atoms with E-state index in [-0.39, 0.29) is 24.5 Å². The van der Waals surface area contributed by atoms with Crippen molar-refractivity contribution >= 4 is 27.8 Å². The number of aromatic nitrogens is 2. The Hall–Kier alpha value is -3.32. The highest BCUT2D eigenvalue weighted by atomic mass is 16.5. The number of rotatable bonds is 6. The number of H-pyrrole nitrogens is 1. The number of aromatic amines is 1. The molecule has 1 unspecified atom stereocenters. The minimum absolute atomic E-state index is 0.0960. The van der Waals surface area contributed by atoms with Crippen LogP contribution in [0.1, 0.15) is 24.2 Å². The number of aliphatic hydroxyl groups is 1. The summed E-state index contributed by atoms with van der Waals surface area (Å²) in [4.78, 5) is 12.9. The number of furan rings is 1. The smallest absolute Gasteiger partial charge is 0.255 e. The zero-order valence-electron chi connectivity index (χ0n) is 16.5. The molecule has 7 nitrogen and oxygen atoms in total. The van der Waals surface area contributed by atoms with Gasteiger partial charge in [0.1, 0.15) is 17.0 Å². The van der Waals surface area contributed by atoms with Gasteiger partial charge in [-0.25, -0.2) is 0 Å². The van der Waals surface area contributed by atoms with E-state index in [2.05, 4.69) is 15.5 Å². The van der Waals surface area contributed by atoms with Crippen molar-refractivity contribution in [1.29, 1.82) is 0 Å². The van der Waals surface area contributed by atoms with Crippen molar-refractivity contribution in [2.24, 2.45) is 5.92 Å². The standard InChI is InChI=1S/C22H23N3O4/c1-12(2)16(11-26)23-22(27)14-8-9-15-19(21(14)28-3)20(25-24-15)18-10-13-6-4-5-7-17(13)29-18/h4-10,12,16,26H,11H2,1-3H3,(H,23,27)(H,24,25). The van der Waals surface area contributed by atoms with Crippen LogP contribution in [0.2, 0.25) is 0 Å². The van der Waals surface area contributed by atoms with Gasteiger partial charge in [0.2, 0.25) is 0 Å². The molecule has 1 amide bonds. The predicted octanol–water partition coefficient (Wildman–Crippen LogP) is 3.73. The Bertz CT molecular complexity index is 1140. The quantitative estimate of drug-likeness (QED) is 0.463. The summed E-state index contributed by atoms with van der Waals surface area (Å²) in [5, 5.41) is 21.4. The Morgan fingerprint density at radius 2 is 2.07 bits per heavy atom. The van der Waals surface area contributed by atoms with Gasteiger partial charge >= 0.3 is 0 Å². The lowest BCUT2D eigenvalue weighted by Crippen LogP contribution is -2.41. The van der Waals surface area contributed by atoms with Gasteiger partial charge in [0.15, 0.2) is 5.76 Å². The first-order valence-electron chi connectivity index (χ1n) is 9.49. The number of benzene rings is 2. The molecule has 0 bridgehead atoms. The van der Waals surface area contributed by atoms with Crippen LogP contribution in [0.5, 0.6) is 5.75 Å². The molecular formula is C22H23N3O4. The summed E-state index contributed by atoms with van der Waals surface area (Å²) in [5.41, 5.74) is 2.44. The van der Waals surface area contributed by atoms with Crippen LogP contribution in [-0.4, -0.2) is 41.0 Å². The molecule has 4 rings (SSSR count). The molecule has 3 N–H and O–H groups in total. The van der Waals surface area contributed by atoms with Crippen molar-refractivity contribution in [1.82, 2.24) is 15.5 Å². The first-order chi connectivity index (χ1) is 14.0. The number of amides is 1. The van der Waals surface area contributed by atoms with Gasteiger partial charge in [-0.05, 0) is 30.2 Å². The zero-order chi connectivity index (χ0) is 20.5. The van der Waals surface area contributed by atoms with E-state index in [1.807, 2.05) is 44.2 Å². The van der Waals surface area contributed by atoms with E-state index in [4.69, 9.17) is 9.15 Å². The van der Waals surface area contributed by atoms with Gasteiger partial charge in [-0.2, -0.15) is 5.10 Å². The largest absolute Gasteiger partial charge is 0.495 e. The van der Waals surface area contributed by atoms with E-state index in [9.17, 15) is 9.90 Å². The lowest BCUT2D eigenvalue weighted by atomic mass is 10.0. The highest BCUT2D eigenvalue weighted by Gasteiger charge is 2.24. The van der Waals surface area contributed by atoms with Crippen LogP contribution in [0.15, 0.2) is 46.9 Å². The normalized spacial score (nSPS) is 12.6. The lowest BCUT2D eigenvalue weighted by Gasteiger charge is -2.20. The molecule has 0 fully saturated rings. The molecule has 29 heavy (non-hydrogen) atoms. The van der Waals surface area contributed by atoms with E-state index in [1.54, 1.807) is 12.1 Å². The summed E-state index contributed by atoms with van der Waals surface area (Å²) in [6.07, 6.45) is 0. The highest BCUT2D eigenvalue weighted by molar-refractivity contribution is 6.07. The minimum atomic E-state index is -0.345. The molecule has 0 aliphatic heterocycles. The maximum absolute atomic E-state index is 12.9. The molecule has 0 saturated heterocycles. The van der Waals surface area contributed by atoms with E-state index in [1.165, 1.54) is 7.11 Å². The number of fused-ring (bicyclic) bond motifs is 2. The second-order valence-corrected chi connectivity index (χ2v) is 7.29. The second-order valence-electron chi connectivity index (χ2n) is 7.29. The van der Waals surface area contributed by atoms with Gasteiger partial charge < -0.3 is 19.6 Å². The summed E-state index contributed by atoms with van der Waals surface area (Å²) in [5.74, 6) is 0.802.